The van der Waals surface area contributed by atoms with Crippen molar-refractivity contribution in [2.45, 2.75) is 12.5 Å². The Labute approximate surface area is 218 Å². The van der Waals surface area contributed by atoms with Crippen LogP contribution in [-0.4, -0.2) is 64.9 Å². The van der Waals surface area contributed by atoms with E-state index in [4.69, 9.17) is 4.74 Å². The summed E-state index contributed by atoms with van der Waals surface area (Å²) in [6.45, 7) is 3.60. The second kappa shape index (κ2) is 10.0. The van der Waals surface area contributed by atoms with Crippen LogP contribution in [0.1, 0.15) is 29.3 Å². The number of aliphatic hydroxyl groups excluding tert-OH is 1. The van der Waals surface area contributed by atoms with Crippen molar-refractivity contribution in [3.05, 3.63) is 77.5 Å². The minimum absolute atomic E-state index is 0.0692. The zero-order chi connectivity index (χ0) is 26.2. The first-order chi connectivity index (χ1) is 18.5. The monoisotopic (exact) mass is 516 g/mol. The smallest absolute Gasteiger partial charge is 0.139 e. The van der Waals surface area contributed by atoms with Gasteiger partial charge in [-0.05, 0) is 30.7 Å². The van der Waals surface area contributed by atoms with Crippen molar-refractivity contribution in [1.82, 2.24) is 19.9 Å². The quantitative estimate of drug-likeness (QED) is 0.433. The van der Waals surface area contributed by atoms with Crippen LogP contribution in [0.3, 0.4) is 0 Å². The highest BCUT2D eigenvalue weighted by atomic mass is 19.1. The minimum atomic E-state index is -1.44. The Kier molecular flexibility index (Phi) is 6.42. The van der Waals surface area contributed by atoms with Crippen LogP contribution < -0.4 is 9.80 Å². The maximum Gasteiger partial charge on any atom is 0.139 e. The topological polar surface area (TPSA) is 87.5 Å². The minimum Gasteiger partial charge on any atom is -0.382 e. The van der Waals surface area contributed by atoms with Gasteiger partial charge in [-0.3, -0.25) is 0 Å². The average molecular weight is 517 g/mol. The van der Waals surface area contributed by atoms with Crippen LogP contribution in [-0.2, 0) is 4.74 Å². The molecule has 0 radical (unpaired) electrons. The molecule has 2 aromatic heterocycles. The molecule has 194 valence electrons. The van der Waals surface area contributed by atoms with Crippen LogP contribution >= 0.6 is 0 Å². The highest BCUT2D eigenvalue weighted by molar-refractivity contribution is 5.94. The third-order valence-corrected chi connectivity index (χ3v) is 7.06. The number of hydrogen-bond donors (Lipinski definition) is 1. The fourth-order valence-corrected chi connectivity index (χ4v) is 5.04. The first-order valence-electron chi connectivity index (χ1n) is 12.5. The van der Waals surface area contributed by atoms with Gasteiger partial charge >= 0.3 is 0 Å². The summed E-state index contributed by atoms with van der Waals surface area (Å²) < 4.78 is 35.8. The van der Waals surface area contributed by atoms with Crippen molar-refractivity contribution in [1.29, 1.82) is 0 Å². The summed E-state index contributed by atoms with van der Waals surface area (Å²) in [5.74, 6) is -1.01. The molecule has 0 saturated carbocycles. The number of rotatable bonds is 4. The number of fused-ring (bicyclic) bond motifs is 2. The van der Waals surface area contributed by atoms with Crippen LogP contribution in [0.25, 0.3) is 28.2 Å². The maximum absolute atomic E-state index is 15.2. The van der Waals surface area contributed by atoms with Crippen LogP contribution in [0, 0.1) is 11.6 Å². The first-order valence-corrected chi connectivity index (χ1v) is 12.5. The summed E-state index contributed by atoms with van der Waals surface area (Å²) in [7, 11) is 1.90. The predicted molar refractivity (Wildman–Crippen MR) is 141 cm³/mol. The van der Waals surface area contributed by atoms with Crippen molar-refractivity contribution < 1.29 is 18.6 Å². The van der Waals surface area contributed by atoms with E-state index in [1.54, 1.807) is 0 Å². The summed E-state index contributed by atoms with van der Waals surface area (Å²) in [5.41, 5.74) is 2.77. The summed E-state index contributed by atoms with van der Waals surface area (Å²) in [6.07, 6.45) is 5.87. The lowest BCUT2D eigenvalue weighted by molar-refractivity contribution is 0.122. The van der Waals surface area contributed by atoms with Gasteiger partial charge in [-0.1, -0.05) is 12.2 Å². The Balaban J connectivity index is 1.43. The third-order valence-electron chi connectivity index (χ3n) is 7.06. The van der Waals surface area contributed by atoms with Crippen LogP contribution in [0.5, 0.6) is 0 Å². The van der Waals surface area contributed by atoms with E-state index in [-0.39, 0.29) is 16.8 Å². The molecular weight excluding hydrogens is 490 g/mol. The number of hydrogen-bond acceptors (Lipinski definition) is 8. The lowest BCUT2D eigenvalue weighted by atomic mass is 9.96. The Bertz CT molecular complexity index is 1540. The lowest BCUT2D eigenvalue weighted by Crippen LogP contribution is -2.36. The molecule has 38 heavy (non-hydrogen) atoms. The normalized spacial score (nSPS) is 16.4. The molecule has 6 rings (SSSR count). The standard InChI is InChI=1S/C28H26F2N6O2/c1-35-7-3-2-4-19-26(33-16-34-28(19)35)27(37)21-13-20(22(29)14-23(21)30)25-18-6-5-17(12-24(18)31-15-32-25)36-8-10-38-11-9-36/h2,4-6,12-16,27,37H,3,7-11H2,1H3. The molecule has 0 spiro atoms. The van der Waals surface area contributed by atoms with Gasteiger partial charge in [0.05, 0.1) is 30.1 Å². The van der Waals surface area contributed by atoms with Crippen LogP contribution in [0.4, 0.5) is 20.3 Å². The number of halogens is 2. The van der Waals surface area contributed by atoms with E-state index in [0.29, 0.717) is 41.2 Å². The highest BCUT2D eigenvalue weighted by Gasteiger charge is 2.26. The maximum atomic E-state index is 15.2. The molecule has 2 aliphatic rings. The molecule has 2 aromatic carbocycles. The Hall–Kier alpha value is -4.02. The summed E-state index contributed by atoms with van der Waals surface area (Å²) in [4.78, 5) is 21.5. The number of ether oxygens (including phenoxy) is 1. The fourth-order valence-electron chi connectivity index (χ4n) is 5.04. The predicted octanol–water partition coefficient (Wildman–Crippen LogP) is 4.14. The largest absolute Gasteiger partial charge is 0.382 e. The molecule has 1 atom stereocenters. The third kappa shape index (κ3) is 4.35. The van der Waals surface area contributed by atoms with Crippen LogP contribution in [0.15, 0.2) is 49.1 Å². The molecule has 0 bridgehead atoms. The van der Waals surface area contributed by atoms with Gasteiger partial charge in [0.1, 0.15) is 36.2 Å². The Morgan fingerprint density at radius 3 is 2.61 bits per heavy atom. The van der Waals surface area contributed by atoms with E-state index < -0.39 is 17.7 Å². The summed E-state index contributed by atoms with van der Waals surface area (Å²) in [6, 6.07) is 7.81. The van der Waals surface area contributed by atoms with E-state index in [1.165, 1.54) is 18.7 Å². The van der Waals surface area contributed by atoms with Gasteiger partial charge in [0.25, 0.3) is 0 Å². The molecule has 1 unspecified atom stereocenters. The molecule has 2 aliphatic heterocycles. The van der Waals surface area contributed by atoms with E-state index in [1.807, 2.05) is 42.3 Å². The van der Waals surface area contributed by atoms with E-state index >= 15 is 8.78 Å². The molecule has 8 nitrogen and oxygen atoms in total. The molecule has 0 amide bonds. The number of morpholine rings is 1. The molecule has 4 aromatic rings. The van der Waals surface area contributed by atoms with Crippen LogP contribution in [0.2, 0.25) is 0 Å². The van der Waals surface area contributed by atoms with E-state index in [9.17, 15) is 5.11 Å². The Morgan fingerprint density at radius 1 is 0.947 bits per heavy atom. The molecule has 10 heteroatoms. The van der Waals surface area contributed by atoms with Gasteiger partial charge in [0.2, 0.25) is 0 Å². The second-order valence-electron chi connectivity index (χ2n) is 9.39. The molecule has 4 heterocycles. The second-order valence-corrected chi connectivity index (χ2v) is 9.39. The molecule has 1 fully saturated rings. The zero-order valence-electron chi connectivity index (χ0n) is 20.8. The van der Waals surface area contributed by atoms with Gasteiger partial charge in [-0.2, -0.15) is 0 Å². The van der Waals surface area contributed by atoms with E-state index in [0.717, 1.165) is 37.8 Å². The first kappa shape index (κ1) is 24.3. The number of aliphatic hydroxyl groups is 1. The molecular formula is C28H26F2N6O2. The van der Waals surface area contributed by atoms with Crippen molar-refractivity contribution in [3.8, 4) is 11.3 Å². The van der Waals surface area contributed by atoms with Gasteiger partial charge in [0.15, 0.2) is 0 Å². The van der Waals surface area contributed by atoms with Gasteiger partial charge in [-0.25, -0.2) is 28.7 Å². The van der Waals surface area contributed by atoms with E-state index in [2.05, 4.69) is 24.8 Å². The lowest BCUT2D eigenvalue weighted by Gasteiger charge is -2.29. The van der Waals surface area contributed by atoms with Gasteiger partial charge in [-0.15, -0.1) is 0 Å². The van der Waals surface area contributed by atoms with Gasteiger partial charge < -0.3 is 19.6 Å². The van der Waals surface area contributed by atoms with Crippen molar-refractivity contribution >= 4 is 28.5 Å². The Morgan fingerprint density at radius 2 is 1.76 bits per heavy atom. The SMILES string of the molecule is CN1CCC=Cc2c(C(O)c3cc(-c4ncnc5cc(N6CCOCC6)ccc45)c(F)cc3F)ncnc21. The fraction of sp³-hybridized carbons (Fsp3) is 0.286. The zero-order valence-corrected chi connectivity index (χ0v) is 20.8. The highest BCUT2D eigenvalue weighted by Crippen LogP contribution is 2.36. The van der Waals surface area contributed by atoms with Crippen molar-refractivity contribution in [2.24, 2.45) is 0 Å². The number of benzene rings is 2. The average Bonchev–Trinajstić information content (AvgIpc) is 3.14. The van der Waals surface area contributed by atoms with Crippen molar-refractivity contribution in [3.63, 3.8) is 0 Å². The van der Waals surface area contributed by atoms with Gasteiger partial charge in [0, 0.05) is 60.5 Å². The number of nitrogens with zero attached hydrogens (tertiary/aromatic N) is 6. The molecule has 1 N–H and O–H groups in total. The molecule has 0 aliphatic carbocycles. The summed E-state index contributed by atoms with van der Waals surface area (Å²) in [5, 5.41) is 11.9. The number of aromatic nitrogens is 4. The van der Waals surface area contributed by atoms with Crippen molar-refractivity contribution in [2.75, 3.05) is 49.7 Å². The molecule has 1 saturated heterocycles. The number of anilines is 2. The summed E-state index contributed by atoms with van der Waals surface area (Å²) >= 11 is 0.